The van der Waals surface area contributed by atoms with Crippen LogP contribution in [-0.2, 0) is 0 Å². The van der Waals surface area contributed by atoms with Gasteiger partial charge in [0, 0.05) is 12.6 Å². The third kappa shape index (κ3) is 13.3. The Bertz CT molecular complexity index is 178. The van der Waals surface area contributed by atoms with Crippen molar-refractivity contribution in [1.82, 2.24) is 0 Å². The molecule has 0 aliphatic carbocycles. The van der Waals surface area contributed by atoms with Crippen molar-refractivity contribution in [2.45, 2.75) is 84.0 Å². The number of allylic oxidation sites excluding steroid dienone is 1. The van der Waals surface area contributed by atoms with Crippen molar-refractivity contribution in [3.05, 3.63) is 12.0 Å². The number of hydrogen-bond donors (Lipinski definition) is 2. The lowest BCUT2D eigenvalue weighted by Crippen LogP contribution is -1.88. The first kappa shape index (κ1) is 16.3. The smallest absolute Gasteiger partial charge is 0.108 e. The number of aliphatic hydroxyl groups is 1. The molecule has 0 unspecified atom stereocenters. The second kappa shape index (κ2) is 13.4. The summed E-state index contributed by atoms with van der Waals surface area (Å²) in [6.07, 6.45) is 16.7. The summed E-state index contributed by atoms with van der Waals surface area (Å²) in [5.41, 5.74) is 5.19. The van der Waals surface area contributed by atoms with Gasteiger partial charge in [-0.15, -0.1) is 0 Å². The molecule has 0 amide bonds. The largest absolute Gasteiger partial charge is 0.511 e. The Balaban J connectivity index is 2.99. The van der Waals surface area contributed by atoms with Crippen LogP contribution in [0.4, 0.5) is 0 Å². The monoisotopic (exact) mass is 241 g/mol. The average molecular weight is 241 g/mol. The van der Waals surface area contributed by atoms with E-state index in [0.717, 1.165) is 12.8 Å². The highest BCUT2D eigenvalue weighted by Gasteiger charge is 1.94. The van der Waals surface area contributed by atoms with Gasteiger partial charge in [-0.1, -0.05) is 71.1 Å². The van der Waals surface area contributed by atoms with Crippen molar-refractivity contribution in [2.24, 2.45) is 5.73 Å². The van der Waals surface area contributed by atoms with E-state index >= 15 is 0 Å². The number of hydrogen-bond acceptors (Lipinski definition) is 2. The van der Waals surface area contributed by atoms with Gasteiger partial charge in [0.15, 0.2) is 0 Å². The van der Waals surface area contributed by atoms with Crippen molar-refractivity contribution >= 4 is 0 Å². The summed E-state index contributed by atoms with van der Waals surface area (Å²) in [5, 5.41) is 9.14. The molecule has 0 radical (unpaired) electrons. The molecule has 0 atom stereocenters. The fourth-order valence-electron chi connectivity index (χ4n) is 2.05. The van der Waals surface area contributed by atoms with Crippen LogP contribution in [0, 0.1) is 0 Å². The van der Waals surface area contributed by atoms with Crippen LogP contribution in [0.2, 0.25) is 0 Å². The molecule has 0 heterocycles. The molecule has 3 N–H and O–H groups in total. The summed E-state index contributed by atoms with van der Waals surface area (Å²) < 4.78 is 0. The van der Waals surface area contributed by atoms with Gasteiger partial charge >= 0.3 is 0 Å². The van der Waals surface area contributed by atoms with Crippen LogP contribution in [0.15, 0.2) is 12.0 Å². The normalized spacial score (nSPS) is 11.9. The number of unbranched alkanes of at least 4 members (excludes halogenated alkanes) is 10. The maximum absolute atomic E-state index is 9.14. The SMILES string of the molecule is CCCCCCCCCCCCCC(O)=CN. The van der Waals surface area contributed by atoms with Crippen molar-refractivity contribution in [3.8, 4) is 0 Å². The third-order valence-electron chi connectivity index (χ3n) is 3.23. The lowest BCUT2D eigenvalue weighted by atomic mass is 10.1. The van der Waals surface area contributed by atoms with Crippen LogP contribution in [0.5, 0.6) is 0 Å². The van der Waals surface area contributed by atoms with Gasteiger partial charge in [-0.3, -0.25) is 0 Å². The van der Waals surface area contributed by atoms with Gasteiger partial charge in [0.25, 0.3) is 0 Å². The molecule has 0 bridgehead atoms. The van der Waals surface area contributed by atoms with E-state index in [9.17, 15) is 0 Å². The van der Waals surface area contributed by atoms with E-state index in [2.05, 4.69) is 6.92 Å². The van der Waals surface area contributed by atoms with E-state index in [0.29, 0.717) is 5.76 Å². The van der Waals surface area contributed by atoms with Gasteiger partial charge in [0.05, 0.1) is 0 Å². The van der Waals surface area contributed by atoms with E-state index < -0.39 is 0 Å². The molecule has 0 fully saturated rings. The van der Waals surface area contributed by atoms with E-state index in [1.165, 1.54) is 70.4 Å². The predicted octanol–water partition coefficient (Wildman–Crippen LogP) is 5.05. The van der Waals surface area contributed by atoms with Crippen LogP contribution >= 0.6 is 0 Å². The molecular formula is C15H31NO. The molecule has 0 rings (SSSR count). The van der Waals surface area contributed by atoms with E-state index in [4.69, 9.17) is 10.8 Å². The van der Waals surface area contributed by atoms with Gasteiger partial charge < -0.3 is 10.8 Å². The summed E-state index contributed by atoms with van der Waals surface area (Å²) >= 11 is 0. The summed E-state index contributed by atoms with van der Waals surface area (Å²) in [7, 11) is 0. The van der Waals surface area contributed by atoms with Gasteiger partial charge in [-0.2, -0.15) is 0 Å². The molecule has 0 saturated carbocycles. The molecule has 2 nitrogen and oxygen atoms in total. The minimum Gasteiger partial charge on any atom is -0.511 e. The summed E-state index contributed by atoms with van der Waals surface area (Å²) in [6.45, 7) is 2.26. The van der Waals surface area contributed by atoms with Crippen molar-refractivity contribution in [1.29, 1.82) is 0 Å². The molecule has 0 aromatic rings. The molecule has 0 saturated heterocycles. The maximum atomic E-state index is 9.14. The zero-order valence-corrected chi connectivity index (χ0v) is 11.6. The Morgan fingerprint density at radius 3 is 1.65 bits per heavy atom. The fraction of sp³-hybridized carbons (Fsp3) is 0.867. The Hall–Kier alpha value is -0.660. The Morgan fingerprint density at radius 1 is 0.824 bits per heavy atom. The molecular weight excluding hydrogens is 210 g/mol. The second-order valence-corrected chi connectivity index (χ2v) is 4.94. The Labute approximate surface area is 107 Å². The molecule has 0 spiro atoms. The highest BCUT2D eigenvalue weighted by Crippen LogP contribution is 2.12. The van der Waals surface area contributed by atoms with E-state index in [-0.39, 0.29) is 0 Å². The van der Waals surface area contributed by atoms with Gasteiger partial charge in [0.1, 0.15) is 5.76 Å². The lowest BCUT2D eigenvalue weighted by molar-refractivity contribution is 0.378. The zero-order valence-electron chi connectivity index (χ0n) is 11.6. The van der Waals surface area contributed by atoms with Gasteiger partial charge in [-0.25, -0.2) is 0 Å². The topological polar surface area (TPSA) is 46.2 Å². The number of nitrogens with two attached hydrogens (primary N) is 1. The molecule has 0 aromatic carbocycles. The Kier molecular flexibility index (Phi) is 12.9. The van der Waals surface area contributed by atoms with Crippen LogP contribution < -0.4 is 5.73 Å². The lowest BCUT2D eigenvalue weighted by Gasteiger charge is -2.02. The molecule has 102 valence electrons. The second-order valence-electron chi connectivity index (χ2n) is 4.94. The fourth-order valence-corrected chi connectivity index (χ4v) is 2.05. The zero-order chi connectivity index (χ0) is 12.8. The van der Waals surface area contributed by atoms with Gasteiger partial charge in [-0.05, 0) is 6.42 Å². The van der Waals surface area contributed by atoms with Crippen LogP contribution in [0.3, 0.4) is 0 Å². The average Bonchev–Trinajstić information content (AvgIpc) is 2.35. The van der Waals surface area contributed by atoms with Crippen molar-refractivity contribution in [3.63, 3.8) is 0 Å². The quantitative estimate of drug-likeness (QED) is 0.371. The maximum Gasteiger partial charge on any atom is 0.108 e. The summed E-state index contributed by atoms with van der Waals surface area (Å²) in [6, 6.07) is 0. The standard InChI is InChI=1S/C15H31NO/c1-2-3-4-5-6-7-8-9-10-11-12-13-15(17)14-16/h14,17H,2-13,16H2,1H3. The van der Waals surface area contributed by atoms with E-state index in [1.807, 2.05) is 0 Å². The molecule has 0 aromatic heterocycles. The van der Waals surface area contributed by atoms with E-state index in [1.54, 1.807) is 0 Å². The molecule has 0 aliphatic heterocycles. The molecule has 0 aliphatic rings. The summed E-state index contributed by atoms with van der Waals surface area (Å²) in [4.78, 5) is 0. The molecule has 17 heavy (non-hydrogen) atoms. The first-order valence-corrected chi connectivity index (χ1v) is 7.41. The van der Waals surface area contributed by atoms with Crippen molar-refractivity contribution < 1.29 is 5.11 Å². The minimum atomic E-state index is 0.334. The summed E-state index contributed by atoms with van der Waals surface area (Å²) in [5.74, 6) is 0.334. The minimum absolute atomic E-state index is 0.334. The van der Waals surface area contributed by atoms with Crippen LogP contribution in [0.25, 0.3) is 0 Å². The highest BCUT2D eigenvalue weighted by molar-refractivity contribution is 4.85. The van der Waals surface area contributed by atoms with Crippen molar-refractivity contribution in [2.75, 3.05) is 0 Å². The van der Waals surface area contributed by atoms with Crippen LogP contribution in [-0.4, -0.2) is 5.11 Å². The first-order chi connectivity index (χ1) is 8.31. The predicted molar refractivity (Wildman–Crippen MR) is 76.0 cm³/mol. The molecule has 2 heteroatoms. The van der Waals surface area contributed by atoms with Gasteiger partial charge in [0.2, 0.25) is 0 Å². The number of rotatable bonds is 12. The highest BCUT2D eigenvalue weighted by atomic mass is 16.3. The third-order valence-corrected chi connectivity index (χ3v) is 3.23. The number of aliphatic hydroxyl groups excluding tert-OH is 1. The first-order valence-electron chi connectivity index (χ1n) is 7.41. The Morgan fingerprint density at radius 2 is 1.24 bits per heavy atom. The van der Waals surface area contributed by atoms with Crippen LogP contribution in [0.1, 0.15) is 84.0 Å².